The molecule has 112 valence electrons. The fourth-order valence-electron chi connectivity index (χ4n) is 1.87. The van der Waals surface area contributed by atoms with E-state index < -0.39 is 0 Å². The average molecular weight is 303 g/mol. The molecule has 0 fully saturated rings. The number of carbonyl (C=O) groups excluding carboxylic acids is 1. The van der Waals surface area contributed by atoms with Crippen LogP contribution in [-0.4, -0.2) is 17.6 Å². The van der Waals surface area contributed by atoms with Gasteiger partial charge in [0, 0.05) is 28.9 Å². The lowest BCUT2D eigenvalue weighted by atomic mass is 10.1. The molecule has 2 aromatic rings. The van der Waals surface area contributed by atoms with E-state index >= 15 is 0 Å². The van der Waals surface area contributed by atoms with Crippen molar-refractivity contribution in [1.82, 2.24) is 10.3 Å². The molecule has 0 spiro atoms. The van der Waals surface area contributed by atoms with Gasteiger partial charge in [-0.2, -0.15) is 0 Å². The van der Waals surface area contributed by atoms with Gasteiger partial charge in [-0.1, -0.05) is 26.0 Å². The van der Waals surface area contributed by atoms with E-state index in [1.54, 1.807) is 11.3 Å². The molecular formula is C16H21N3OS. The quantitative estimate of drug-likeness (QED) is 0.866. The SMILES string of the molecule is Cc1csc(-c2cccc(NC(=O)NCCC(C)C)c2)n1. The highest BCUT2D eigenvalue weighted by Gasteiger charge is 2.06. The van der Waals surface area contributed by atoms with Gasteiger partial charge in [-0.25, -0.2) is 9.78 Å². The van der Waals surface area contributed by atoms with Crippen molar-refractivity contribution in [2.24, 2.45) is 5.92 Å². The number of aromatic nitrogens is 1. The number of carbonyl (C=O) groups is 1. The van der Waals surface area contributed by atoms with Crippen LogP contribution in [0.25, 0.3) is 10.6 Å². The molecule has 1 heterocycles. The first kappa shape index (κ1) is 15.5. The van der Waals surface area contributed by atoms with Crippen molar-refractivity contribution in [2.75, 3.05) is 11.9 Å². The summed E-state index contributed by atoms with van der Waals surface area (Å²) in [5.41, 5.74) is 2.82. The maximum atomic E-state index is 11.8. The summed E-state index contributed by atoms with van der Waals surface area (Å²) in [6.45, 7) is 6.94. The monoisotopic (exact) mass is 303 g/mol. The van der Waals surface area contributed by atoms with Gasteiger partial charge in [-0.05, 0) is 31.4 Å². The lowest BCUT2D eigenvalue weighted by molar-refractivity contribution is 0.251. The Bertz CT molecular complexity index is 607. The number of hydrogen-bond donors (Lipinski definition) is 2. The summed E-state index contributed by atoms with van der Waals surface area (Å²) in [6, 6.07) is 7.59. The second-order valence-electron chi connectivity index (χ2n) is 5.44. The van der Waals surface area contributed by atoms with Crippen LogP contribution in [0.4, 0.5) is 10.5 Å². The number of benzene rings is 1. The lowest BCUT2D eigenvalue weighted by Gasteiger charge is -2.09. The summed E-state index contributed by atoms with van der Waals surface area (Å²) in [6.07, 6.45) is 0.978. The number of aryl methyl sites for hydroxylation is 1. The van der Waals surface area contributed by atoms with Gasteiger partial charge in [0.15, 0.2) is 0 Å². The Morgan fingerprint density at radius 3 is 2.86 bits per heavy atom. The van der Waals surface area contributed by atoms with Crippen LogP contribution in [0.1, 0.15) is 26.0 Å². The van der Waals surface area contributed by atoms with Crippen molar-refractivity contribution in [1.29, 1.82) is 0 Å². The van der Waals surface area contributed by atoms with E-state index in [2.05, 4.69) is 29.5 Å². The predicted octanol–water partition coefficient (Wildman–Crippen LogP) is 4.29. The molecule has 5 heteroatoms. The molecule has 2 N–H and O–H groups in total. The van der Waals surface area contributed by atoms with Crippen LogP contribution in [0.15, 0.2) is 29.6 Å². The number of hydrogen-bond acceptors (Lipinski definition) is 3. The molecule has 0 atom stereocenters. The number of anilines is 1. The first-order valence-corrected chi connectivity index (χ1v) is 8.00. The van der Waals surface area contributed by atoms with Crippen molar-refractivity contribution in [2.45, 2.75) is 27.2 Å². The summed E-state index contributed by atoms with van der Waals surface area (Å²) >= 11 is 1.61. The fraction of sp³-hybridized carbons (Fsp3) is 0.375. The summed E-state index contributed by atoms with van der Waals surface area (Å²) in [7, 11) is 0. The Kier molecular flexibility index (Phi) is 5.33. The largest absolute Gasteiger partial charge is 0.338 e. The first-order valence-electron chi connectivity index (χ1n) is 7.12. The minimum absolute atomic E-state index is 0.164. The number of nitrogens with one attached hydrogen (secondary N) is 2. The Morgan fingerprint density at radius 2 is 2.19 bits per heavy atom. The average Bonchev–Trinajstić information content (AvgIpc) is 2.85. The Hall–Kier alpha value is -1.88. The Balaban J connectivity index is 1.96. The Labute approximate surface area is 129 Å². The molecule has 21 heavy (non-hydrogen) atoms. The third kappa shape index (κ3) is 4.86. The summed E-state index contributed by atoms with van der Waals surface area (Å²) in [4.78, 5) is 16.3. The fourth-order valence-corrected chi connectivity index (χ4v) is 2.66. The van der Waals surface area contributed by atoms with Gasteiger partial charge in [0.25, 0.3) is 0 Å². The third-order valence-electron chi connectivity index (χ3n) is 2.99. The minimum Gasteiger partial charge on any atom is -0.338 e. The molecule has 0 unspecified atom stereocenters. The smallest absolute Gasteiger partial charge is 0.319 e. The van der Waals surface area contributed by atoms with E-state index in [0.29, 0.717) is 12.5 Å². The highest BCUT2D eigenvalue weighted by Crippen LogP contribution is 2.25. The molecular weight excluding hydrogens is 282 g/mol. The van der Waals surface area contributed by atoms with Crippen molar-refractivity contribution in [3.05, 3.63) is 35.3 Å². The maximum Gasteiger partial charge on any atom is 0.319 e. The zero-order valence-electron chi connectivity index (χ0n) is 12.6. The maximum absolute atomic E-state index is 11.8. The second kappa shape index (κ2) is 7.22. The van der Waals surface area contributed by atoms with Crippen LogP contribution < -0.4 is 10.6 Å². The van der Waals surface area contributed by atoms with Crippen LogP contribution in [0.2, 0.25) is 0 Å². The summed E-state index contributed by atoms with van der Waals surface area (Å²) < 4.78 is 0. The van der Waals surface area contributed by atoms with E-state index in [1.165, 1.54) is 0 Å². The van der Waals surface area contributed by atoms with Crippen LogP contribution in [0, 0.1) is 12.8 Å². The number of nitrogens with zero attached hydrogens (tertiary/aromatic N) is 1. The zero-order chi connectivity index (χ0) is 15.2. The Morgan fingerprint density at radius 1 is 1.38 bits per heavy atom. The molecule has 0 aliphatic rings. The van der Waals surface area contributed by atoms with Crippen LogP contribution in [-0.2, 0) is 0 Å². The summed E-state index contributed by atoms with van der Waals surface area (Å²) in [5.74, 6) is 0.585. The zero-order valence-corrected chi connectivity index (χ0v) is 13.5. The molecule has 1 aromatic heterocycles. The second-order valence-corrected chi connectivity index (χ2v) is 6.30. The predicted molar refractivity (Wildman–Crippen MR) is 88.8 cm³/mol. The number of thiazole rings is 1. The van der Waals surface area contributed by atoms with Crippen molar-refractivity contribution < 1.29 is 4.79 Å². The molecule has 1 aromatic carbocycles. The first-order chi connectivity index (χ1) is 10.0. The van der Waals surface area contributed by atoms with Gasteiger partial charge in [0.2, 0.25) is 0 Å². The van der Waals surface area contributed by atoms with Gasteiger partial charge in [-0.15, -0.1) is 11.3 Å². The highest BCUT2D eigenvalue weighted by molar-refractivity contribution is 7.13. The molecule has 0 bridgehead atoms. The van der Waals surface area contributed by atoms with Gasteiger partial charge in [0.05, 0.1) is 0 Å². The van der Waals surface area contributed by atoms with Crippen molar-refractivity contribution in [3.8, 4) is 10.6 Å². The molecule has 0 saturated heterocycles. The summed E-state index contributed by atoms with van der Waals surface area (Å²) in [5, 5.41) is 8.71. The normalized spacial score (nSPS) is 10.7. The van der Waals surface area contributed by atoms with Crippen molar-refractivity contribution in [3.63, 3.8) is 0 Å². The number of rotatable bonds is 5. The standard InChI is InChI=1S/C16H21N3OS/c1-11(2)7-8-17-16(20)19-14-6-4-5-13(9-14)15-18-12(3)10-21-15/h4-6,9-11H,7-8H2,1-3H3,(H2,17,19,20). The topological polar surface area (TPSA) is 54.0 Å². The molecule has 2 rings (SSSR count). The van der Waals surface area contributed by atoms with Gasteiger partial charge < -0.3 is 10.6 Å². The molecule has 4 nitrogen and oxygen atoms in total. The molecule has 2 amide bonds. The van der Waals surface area contributed by atoms with Gasteiger partial charge >= 0.3 is 6.03 Å². The van der Waals surface area contributed by atoms with E-state index in [4.69, 9.17) is 0 Å². The third-order valence-corrected chi connectivity index (χ3v) is 4.00. The van der Waals surface area contributed by atoms with E-state index in [9.17, 15) is 4.79 Å². The van der Waals surface area contributed by atoms with Crippen LogP contribution in [0.3, 0.4) is 0 Å². The lowest BCUT2D eigenvalue weighted by Crippen LogP contribution is -2.30. The van der Waals surface area contributed by atoms with Gasteiger partial charge in [0.1, 0.15) is 5.01 Å². The number of urea groups is 1. The highest BCUT2D eigenvalue weighted by atomic mass is 32.1. The van der Waals surface area contributed by atoms with E-state index in [0.717, 1.165) is 28.4 Å². The van der Waals surface area contributed by atoms with Crippen LogP contribution in [0.5, 0.6) is 0 Å². The molecule has 0 radical (unpaired) electrons. The van der Waals surface area contributed by atoms with E-state index in [1.807, 2.05) is 36.6 Å². The van der Waals surface area contributed by atoms with Gasteiger partial charge in [-0.3, -0.25) is 0 Å². The van der Waals surface area contributed by atoms with E-state index in [-0.39, 0.29) is 6.03 Å². The number of amides is 2. The van der Waals surface area contributed by atoms with Crippen LogP contribution >= 0.6 is 11.3 Å². The van der Waals surface area contributed by atoms with Crippen molar-refractivity contribution >= 4 is 23.1 Å². The molecule has 0 saturated carbocycles. The minimum atomic E-state index is -0.164. The molecule has 0 aliphatic heterocycles. The molecule has 0 aliphatic carbocycles.